The summed E-state index contributed by atoms with van der Waals surface area (Å²) in [7, 11) is 0. The van der Waals surface area contributed by atoms with Crippen LogP contribution in [-0.4, -0.2) is 12.5 Å². The first-order valence-electron chi connectivity index (χ1n) is 6.85. The third-order valence-electron chi connectivity index (χ3n) is 3.29. The lowest BCUT2D eigenvalue weighted by molar-refractivity contribution is 0.0945. The molecule has 1 rings (SSSR count). The maximum absolute atomic E-state index is 12.1. The second-order valence-corrected chi connectivity index (χ2v) is 6.16. The summed E-state index contributed by atoms with van der Waals surface area (Å²) < 4.78 is 0.810. The first-order valence-corrected chi connectivity index (χ1v) is 8.09. The van der Waals surface area contributed by atoms with Gasteiger partial charge in [-0.1, -0.05) is 33.1 Å². The van der Waals surface area contributed by atoms with Gasteiger partial charge in [-0.3, -0.25) is 4.79 Å². The molecule has 0 heterocycles. The van der Waals surface area contributed by atoms with Crippen LogP contribution >= 0.6 is 28.6 Å². The van der Waals surface area contributed by atoms with Crippen molar-refractivity contribution in [2.24, 2.45) is 5.92 Å². The Morgan fingerprint density at radius 2 is 2.16 bits per heavy atom. The van der Waals surface area contributed by atoms with E-state index in [4.69, 9.17) is 0 Å². The van der Waals surface area contributed by atoms with Gasteiger partial charge in [0.2, 0.25) is 0 Å². The van der Waals surface area contributed by atoms with E-state index in [0.717, 1.165) is 22.3 Å². The van der Waals surface area contributed by atoms with E-state index >= 15 is 0 Å². The first kappa shape index (κ1) is 16.6. The fraction of sp³-hybridized carbons (Fsp3) is 0.533. The normalized spacial score (nSPS) is 12.2. The molecule has 1 unspecified atom stereocenters. The van der Waals surface area contributed by atoms with Gasteiger partial charge in [0.15, 0.2) is 0 Å². The number of carbonyl (C=O) groups is 1. The molecule has 1 aromatic carbocycles. The molecule has 1 aromatic rings. The molecule has 0 fully saturated rings. The van der Waals surface area contributed by atoms with Crippen LogP contribution in [0.3, 0.4) is 0 Å². The summed E-state index contributed by atoms with van der Waals surface area (Å²) in [6.45, 7) is 5.12. The van der Waals surface area contributed by atoms with E-state index in [0.29, 0.717) is 11.5 Å². The zero-order valence-corrected chi connectivity index (χ0v) is 14.1. The largest absolute Gasteiger partial charge is 0.352 e. The predicted molar refractivity (Wildman–Crippen MR) is 87.0 cm³/mol. The Labute approximate surface area is 129 Å². The van der Waals surface area contributed by atoms with E-state index in [1.165, 1.54) is 19.3 Å². The van der Waals surface area contributed by atoms with Crippen molar-refractivity contribution >= 4 is 34.5 Å². The number of rotatable bonds is 7. The van der Waals surface area contributed by atoms with Gasteiger partial charge in [-0.25, -0.2) is 0 Å². The highest BCUT2D eigenvalue weighted by Crippen LogP contribution is 2.20. The molecule has 0 aliphatic heterocycles. The number of halogens is 1. The van der Waals surface area contributed by atoms with E-state index < -0.39 is 0 Å². The molecule has 0 saturated carbocycles. The summed E-state index contributed by atoms with van der Waals surface area (Å²) in [5, 5.41) is 3.02. The maximum atomic E-state index is 12.1. The minimum atomic E-state index is -0.0299. The zero-order chi connectivity index (χ0) is 14.3. The van der Waals surface area contributed by atoms with Gasteiger partial charge in [0, 0.05) is 15.9 Å². The predicted octanol–water partition coefficient (Wildman–Crippen LogP) is 4.68. The average Bonchev–Trinajstić information content (AvgIpc) is 2.41. The summed E-state index contributed by atoms with van der Waals surface area (Å²) in [6.07, 6.45) is 4.72. The van der Waals surface area contributed by atoms with Crippen molar-refractivity contribution in [2.45, 2.75) is 44.4 Å². The van der Waals surface area contributed by atoms with Crippen LogP contribution < -0.4 is 5.32 Å². The Bertz CT molecular complexity index is 423. The maximum Gasteiger partial charge on any atom is 0.252 e. The van der Waals surface area contributed by atoms with E-state index in [9.17, 15) is 4.79 Å². The number of unbranched alkanes of at least 4 members (excludes halogenated alkanes) is 1. The van der Waals surface area contributed by atoms with Gasteiger partial charge in [0.25, 0.3) is 5.91 Å². The zero-order valence-electron chi connectivity index (χ0n) is 11.6. The lowest BCUT2D eigenvalue weighted by Crippen LogP contribution is -2.29. The number of hydrogen-bond acceptors (Lipinski definition) is 2. The molecule has 0 radical (unpaired) electrons. The average molecular weight is 344 g/mol. The molecule has 0 aromatic heterocycles. The smallest absolute Gasteiger partial charge is 0.252 e. The van der Waals surface area contributed by atoms with Crippen molar-refractivity contribution in [1.82, 2.24) is 5.32 Å². The topological polar surface area (TPSA) is 29.1 Å². The highest BCUT2D eigenvalue weighted by Gasteiger charge is 2.12. The molecule has 19 heavy (non-hydrogen) atoms. The van der Waals surface area contributed by atoms with Crippen LogP contribution in [0.4, 0.5) is 0 Å². The van der Waals surface area contributed by atoms with Crippen LogP contribution in [0.2, 0.25) is 0 Å². The van der Waals surface area contributed by atoms with Gasteiger partial charge in [-0.2, -0.15) is 0 Å². The lowest BCUT2D eigenvalue weighted by atomic mass is 9.99. The van der Waals surface area contributed by atoms with Crippen LogP contribution in [0.25, 0.3) is 0 Å². The minimum Gasteiger partial charge on any atom is -0.352 e. The van der Waals surface area contributed by atoms with Crippen LogP contribution in [0.1, 0.15) is 49.9 Å². The number of thiol groups is 1. The van der Waals surface area contributed by atoms with Crippen LogP contribution in [0.5, 0.6) is 0 Å². The highest BCUT2D eigenvalue weighted by atomic mass is 79.9. The van der Waals surface area contributed by atoms with Crippen molar-refractivity contribution in [3.05, 3.63) is 28.2 Å². The van der Waals surface area contributed by atoms with Crippen LogP contribution in [0.15, 0.2) is 27.6 Å². The second-order valence-electron chi connectivity index (χ2n) is 4.79. The third-order valence-corrected chi connectivity index (χ3v) is 4.26. The summed E-state index contributed by atoms with van der Waals surface area (Å²) in [4.78, 5) is 12.9. The van der Waals surface area contributed by atoms with Crippen molar-refractivity contribution in [3.63, 3.8) is 0 Å². The molecule has 0 bridgehead atoms. The Kier molecular flexibility index (Phi) is 7.54. The summed E-state index contributed by atoms with van der Waals surface area (Å²) in [5.41, 5.74) is 0.651. The van der Waals surface area contributed by atoms with Crippen molar-refractivity contribution in [1.29, 1.82) is 0 Å². The van der Waals surface area contributed by atoms with Crippen LogP contribution in [-0.2, 0) is 0 Å². The van der Waals surface area contributed by atoms with Gasteiger partial charge in [0.05, 0.1) is 5.56 Å². The van der Waals surface area contributed by atoms with Crippen molar-refractivity contribution in [3.8, 4) is 0 Å². The molecule has 106 valence electrons. The molecular formula is C15H22BrNOS. The van der Waals surface area contributed by atoms with E-state index in [1.54, 1.807) is 6.07 Å². The molecule has 4 heteroatoms. The molecule has 2 nitrogen and oxygen atoms in total. The standard InChI is InChI=1S/C15H22BrNOS/c1-3-5-6-11(4-2)10-17-15(18)13-9-12(19)7-8-14(13)16/h7-9,11,19H,3-6,10H2,1-2H3,(H,17,18). The quantitative estimate of drug-likeness (QED) is 0.691. The first-order chi connectivity index (χ1) is 9.08. The molecule has 0 aliphatic rings. The molecule has 0 spiro atoms. The molecule has 1 atom stereocenters. The third kappa shape index (κ3) is 5.57. The molecular weight excluding hydrogens is 322 g/mol. The Balaban J connectivity index is 2.56. The molecule has 0 aliphatic carbocycles. The lowest BCUT2D eigenvalue weighted by Gasteiger charge is -2.15. The van der Waals surface area contributed by atoms with Gasteiger partial charge in [0.1, 0.15) is 0 Å². The van der Waals surface area contributed by atoms with Gasteiger partial charge in [-0.05, 0) is 46.5 Å². The van der Waals surface area contributed by atoms with E-state index in [-0.39, 0.29) is 5.91 Å². The Morgan fingerprint density at radius 3 is 2.79 bits per heavy atom. The molecule has 1 amide bonds. The summed E-state index contributed by atoms with van der Waals surface area (Å²) >= 11 is 7.67. The minimum absolute atomic E-state index is 0.0299. The number of benzene rings is 1. The monoisotopic (exact) mass is 343 g/mol. The Hall–Kier alpha value is -0.480. The Morgan fingerprint density at radius 1 is 1.42 bits per heavy atom. The number of amides is 1. The second kappa shape index (κ2) is 8.64. The van der Waals surface area contributed by atoms with Gasteiger partial charge in [-0.15, -0.1) is 12.6 Å². The van der Waals surface area contributed by atoms with Gasteiger partial charge >= 0.3 is 0 Å². The van der Waals surface area contributed by atoms with E-state index in [1.807, 2.05) is 12.1 Å². The number of hydrogen-bond donors (Lipinski definition) is 2. The summed E-state index contributed by atoms with van der Waals surface area (Å²) in [5.74, 6) is 0.541. The van der Waals surface area contributed by atoms with E-state index in [2.05, 4.69) is 47.7 Å². The van der Waals surface area contributed by atoms with Gasteiger partial charge < -0.3 is 5.32 Å². The fourth-order valence-corrected chi connectivity index (χ4v) is 2.59. The highest BCUT2D eigenvalue weighted by molar-refractivity contribution is 9.10. The summed E-state index contributed by atoms with van der Waals surface area (Å²) in [6, 6.07) is 5.50. The molecule has 1 N–H and O–H groups in total. The SMILES string of the molecule is CCCCC(CC)CNC(=O)c1cc(S)ccc1Br. The van der Waals surface area contributed by atoms with Crippen molar-refractivity contribution < 1.29 is 4.79 Å². The van der Waals surface area contributed by atoms with Crippen molar-refractivity contribution in [2.75, 3.05) is 6.54 Å². The fourth-order valence-electron chi connectivity index (χ4n) is 1.96. The number of carbonyl (C=O) groups excluding carboxylic acids is 1. The number of nitrogens with one attached hydrogen (secondary N) is 1. The van der Waals surface area contributed by atoms with Crippen LogP contribution in [0, 0.1) is 5.92 Å². The molecule has 0 saturated heterocycles.